The van der Waals surface area contributed by atoms with Crippen LogP contribution in [-0.2, 0) is 0 Å². The number of rotatable bonds is 4. The summed E-state index contributed by atoms with van der Waals surface area (Å²) in [7, 11) is 0. The minimum Gasteiger partial charge on any atom is -0.317 e. The van der Waals surface area contributed by atoms with Crippen molar-refractivity contribution in [3.8, 4) is 0 Å². The summed E-state index contributed by atoms with van der Waals surface area (Å²) in [4.78, 5) is 5.23. The first kappa shape index (κ1) is 16.3. The average molecular weight is 322 g/mol. The third-order valence-corrected chi connectivity index (χ3v) is 5.63. The van der Waals surface area contributed by atoms with Gasteiger partial charge in [0, 0.05) is 43.8 Å². The Kier molecular flexibility index (Phi) is 5.75. The topological polar surface area (TPSA) is 18.5 Å². The number of benzene rings is 1. The molecule has 1 aromatic carbocycles. The summed E-state index contributed by atoms with van der Waals surface area (Å²) in [6, 6.07) is 8.67. The molecule has 0 amide bonds. The van der Waals surface area contributed by atoms with Gasteiger partial charge in [0.1, 0.15) is 0 Å². The summed E-state index contributed by atoms with van der Waals surface area (Å²) in [6.45, 7) is 10.7. The number of nitrogens with one attached hydrogen (secondary N) is 1. The Morgan fingerprint density at radius 3 is 2.50 bits per heavy atom. The average Bonchev–Trinajstić information content (AvgIpc) is 2.56. The van der Waals surface area contributed by atoms with E-state index in [-0.39, 0.29) is 0 Å². The minimum absolute atomic E-state index is 0.412. The van der Waals surface area contributed by atoms with Crippen molar-refractivity contribution in [2.45, 2.75) is 25.8 Å². The maximum atomic E-state index is 6.35. The molecule has 0 aromatic heterocycles. The molecule has 2 heterocycles. The number of hydrogen-bond donors (Lipinski definition) is 1. The Hall–Kier alpha value is -0.610. The summed E-state index contributed by atoms with van der Waals surface area (Å²) in [6.07, 6.45) is 2.69. The van der Waals surface area contributed by atoms with Gasteiger partial charge in [-0.3, -0.25) is 4.90 Å². The lowest BCUT2D eigenvalue weighted by molar-refractivity contribution is 0.0869. The van der Waals surface area contributed by atoms with E-state index in [1.165, 1.54) is 51.1 Å². The van der Waals surface area contributed by atoms with Crippen LogP contribution in [0.1, 0.15) is 31.4 Å². The summed E-state index contributed by atoms with van der Waals surface area (Å²) in [5.74, 6) is 0.897. The third kappa shape index (κ3) is 4.02. The van der Waals surface area contributed by atoms with E-state index in [1.54, 1.807) is 0 Å². The van der Waals surface area contributed by atoms with Crippen molar-refractivity contribution in [2.75, 3.05) is 45.8 Å². The van der Waals surface area contributed by atoms with Crippen molar-refractivity contribution >= 4 is 11.6 Å². The first-order valence-electron chi connectivity index (χ1n) is 8.65. The van der Waals surface area contributed by atoms with Gasteiger partial charge < -0.3 is 10.2 Å². The number of nitrogens with zero attached hydrogens (tertiary/aromatic N) is 2. The van der Waals surface area contributed by atoms with Crippen LogP contribution >= 0.6 is 11.6 Å². The number of hydrogen-bond acceptors (Lipinski definition) is 3. The molecule has 0 aliphatic carbocycles. The van der Waals surface area contributed by atoms with Crippen molar-refractivity contribution in [3.05, 3.63) is 34.9 Å². The van der Waals surface area contributed by atoms with Crippen LogP contribution in [0.15, 0.2) is 24.3 Å². The van der Waals surface area contributed by atoms with Gasteiger partial charge in [-0.2, -0.15) is 0 Å². The second kappa shape index (κ2) is 7.78. The molecular formula is C18H28ClN3. The Morgan fingerprint density at radius 1 is 1.14 bits per heavy atom. The Morgan fingerprint density at radius 2 is 1.82 bits per heavy atom. The van der Waals surface area contributed by atoms with Crippen LogP contribution in [-0.4, -0.2) is 55.6 Å². The first-order valence-corrected chi connectivity index (χ1v) is 9.03. The molecule has 1 aromatic rings. The van der Waals surface area contributed by atoms with Crippen LogP contribution in [0.5, 0.6) is 0 Å². The second-order valence-electron chi connectivity index (χ2n) is 6.73. The maximum Gasteiger partial charge on any atom is 0.0453 e. The monoisotopic (exact) mass is 321 g/mol. The summed E-state index contributed by atoms with van der Waals surface area (Å²) >= 11 is 6.35. The van der Waals surface area contributed by atoms with Gasteiger partial charge in [-0.15, -0.1) is 0 Å². The number of halogens is 1. The Balaban J connectivity index is 1.50. The molecule has 1 N–H and O–H groups in total. The normalized spacial score (nSPS) is 23.5. The predicted molar refractivity (Wildman–Crippen MR) is 93.5 cm³/mol. The van der Waals surface area contributed by atoms with Crippen LogP contribution in [0.2, 0.25) is 5.02 Å². The van der Waals surface area contributed by atoms with Crippen LogP contribution in [0.25, 0.3) is 0 Å². The standard InChI is InChI=1S/C18H28ClN3/c1-15(17-4-2-3-5-18(17)19)22-12-10-21(11-13-22)14-16-6-8-20-9-7-16/h2-5,15-16,20H,6-14H2,1H3. The summed E-state index contributed by atoms with van der Waals surface area (Å²) < 4.78 is 0. The molecule has 0 radical (unpaired) electrons. The van der Waals surface area contributed by atoms with Crippen molar-refractivity contribution < 1.29 is 0 Å². The molecule has 122 valence electrons. The molecule has 4 heteroatoms. The highest BCUT2D eigenvalue weighted by Crippen LogP contribution is 2.28. The van der Waals surface area contributed by atoms with E-state index in [0.29, 0.717) is 6.04 Å². The van der Waals surface area contributed by atoms with Gasteiger partial charge in [0.25, 0.3) is 0 Å². The highest BCUT2D eigenvalue weighted by Gasteiger charge is 2.25. The quantitative estimate of drug-likeness (QED) is 0.919. The van der Waals surface area contributed by atoms with Gasteiger partial charge in [-0.1, -0.05) is 29.8 Å². The first-order chi connectivity index (χ1) is 10.7. The van der Waals surface area contributed by atoms with Gasteiger partial charge in [-0.25, -0.2) is 0 Å². The molecular weight excluding hydrogens is 294 g/mol. The van der Waals surface area contributed by atoms with Crippen LogP contribution in [0.4, 0.5) is 0 Å². The van der Waals surface area contributed by atoms with E-state index >= 15 is 0 Å². The summed E-state index contributed by atoms with van der Waals surface area (Å²) in [5, 5.41) is 4.35. The lowest BCUT2D eigenvalue weighted by Gasteiger charge is -2.40. The largest absolute Gasteiger partial charge is 0.317 e. The van der Waals surface area contributed by atoms with Gasteiger partial charge in [-0.05, 0) is 50.4 Å². The van der Waals surface area contributed by atoms with E-state index in [1.807, 2.05) is 12.1 Å². The van der Waals surface area contributed by atoms with Gasteiger partial charge in [0.2, 0.25) is 0 Å². The zero-order valence-corrected chi connectivity index (χ0v) is 14.4. The van der Waals surface area contributed by atoms with Gasteiger partial charge >= 0.3 is 0 Å². The van der Waals surface area contributed by atoms with E-state index in [9.17, 15) is 0 Å². The Bertz CT molecular complexity index is 465. The van der Waals surface area contributed by atoms with E-state index in [2.05, 4.69) is 34.2 Å². The second-order valence-corrected chi connectivity index (χ2v) is 7.13. The molecule has 3 nitrogen and oxygen atoms in total. The van der Waals surface area contributed by atoms with Gasteiger partial charge in [0.15, 0.2) is 0 Å². The zero-order chi connectivity index (χ0) is 15.4. The SMILES string of the molecule is CC(c1ccccc1Cl)N1CCN(CC2CCNCC2)CC1. The number of piperidine rings is 1. The minimum atomic E-state index is 0.412. The van der Waals surface area contributed by atoms with Crippen molar-refractivity contribution in [1.29, 1.82) is 0 Å². The van der Waals surface area contributed by atoms with Gasteiger partial charge in [0.05, 0.1) is 0 Å². The summed E-state index contributed by atoms with van der Waals surface area (Å²) in [5.41, 5.74) is 1.26. The smallest absolute Gasteiger partial charge is 0.0453 e. The molecule has 2 aliphatic rings. The Labute approximate surface area is 139 Å². The predicted octanol–water partition coefficient (Wildman–Crippen LogP) is 3.02. The lowest BCUT2D eigenvalue weighted by atomic mass is 9.97. The fraction of sp³-hybridized carbons (Fsp3) is 0.667. The van der Waals surface area contributed by atoms with E-state index in [4.69, 9.17) is 11.6 Å². The van der Waals surface area contributed by atoms with Crippen LogP contribution in [0, 0.1) is 5.92 Å². The molecule has 2 saturated heterocycles. The number of piperazine rings is 1. The zero-order valence-electron chi connectivity index (χ0n) is 13.6. The lowest BCUT2D eigenvalue weighted by Crippen LogP contribution is -2.49. The van der Waals surface area contributed by atoms with Crippen molar-refractivity contribution in [3.63, 3.8) is 0 Å². The van der Waals surface area contributed by atoms with Crippen molar-refractivity contribution in [1.82, 2.24) is 15.1 Å². The molecule has 1 atom stereocenters. The molecule has 0 spiro atoms. The molecule has 0 bridgehead atoms. The molecule has 0 saturated carbocycles. The molecule has 2 aliphatic heterocycles. The van der Waals surface area contributed by atoms with Crippen molar-refractivity contribution in [2.24, 2.45) is 5.92 Å². The highest BCUT2D eigenvalue weighted by molar-refractivity contribution is 6.31. The third-order valence-electron chi connectivity index (χ3n) is 5.29. The van der Waals surface area contributed by atoms with E-state index in [0.717, 1.165) is 24.0 Å². The fourth-order valence-electron chi connectivity index (χ4n) is 3.77. The fourth-order valence-corrected chi connectivity index (χ4v) is 4.07. The van der Waals surface area contributed by atoms with Crippen LogP contribution in [0.3, 0.4) is 0 Å². The van der Waals surface area contributed by atoms with Crippen LogP contribution < -0.4 is 5.32 Å². The highest BCUT2D eigenvalue weighted by atomic mass is 35.5. The maximum absolute atomic E-state index is 6.35. The molecule has 2 fully saturated rings. The molecule has 22 heavy (non-hydrogen) atoms. The molecule has 1 unspecified atom stereocenters. The molecule has 3 rings (SSSR count). The van der Waals surface area contributed by atoms with E-state index < -0.39 is 0 Å².